The third-order valence-electron chi connectivity index (χ3n) is 11.4. The van der Waals surface area contributed by atoms with Gasteiger partial charge in [0.15, 0.2) is 0 Å². The summed E-state index contributed by atoms with van der Waals surface area (Å²) in [6, 6.07) is 18.0. The molecular formula is C52H72O4S2. The van der Waals surface area contributed by atoms with E-state index in [2.05, 4.69) is 145 Å². The summed E-state index contributed by atoms with van der Waals surface area (Å²) in [7, 11) is 0. The molecule has 4 nitrogen and oxygen atoms in total. The van der Waals surface area contributed by atoms with Crippen LogP contribution in [-0.4, -0.2) is 46.4 Å². The zero-order valence-corrected chi connectivity index (χ0v) is 39.9. The van der Waals surface area contributed by atoms with Gasteiger partial charge in [-0.15, -0.1) is 0 Å². The Labute approximate surface area is 360 Å². The van der Waals surface area contributed by atoms with Gasteiger partial charge in [-0.2, -0.15) is 23.5 Å². The lowest BCUT2D eigenvalue weighted by molar-refractivity contribution is 0.336. The molecule has 6 heteroatoms. The highest BCUT2D eigenvalue weighted by molar-refractivity contribution is 7.99. The van der Waals surface area contributed by atoms with Gasteiger partial charge in [0.2, 0.25) is 0 Å². The summed E-state index contributed by atoms with van der Waals surface area (Å²) >= 11 is 3.75. The fourth-order valence-electron chi connectivity index (χ4n) is 7.71. The van der Waals surface area contributed by atoms with Crippen molar-refractivity contribution in [3.8, 4) is 23.0 Å². The van der Waals surface area contributed by atoms with E-state index in [1.165, 1.54) is 22.3 Å². The first-order valence-electron chi connectivity index (χ1n) is 21.4. The van der Waals surface area contributed by atoms with Gasteiger partial charge in [0.1, 0.15) is 23.0 Å². The van der Waals surface area contributed by atoms with Crippen molar-refractivity contribution in [1.82, 2.24) is 0 Å². The molecule has 0 aromatic heterocycles. The molecule has 1 aliphatic rings. The quantitative estimate of drug-likeness (QED) is 0.137. The van der Waals surface area contributed by atoms with Crippen LogP contribution in [0.3, 0.4) is 0 Å². The molecule has 0 saturated carbocycles. The molecule has 1 aliphatic carbocycles. The maximum atomic E-state index is 12.5. The third-order valence-corrected chi connectivity index (χ3v) is 13.1. The van der Waals surface area contributed by atoms with Crippen LogP contribution in [0.25, 0.3) is 0 Å². The minimum atomic E-state index is -0.146. The highest BCUT2D eigenvalue weighted by atomic mass is 32.2. The summed E-state index contributed by atoms with van der Waals surface area (Å²) < 4.78 is 13.7. The Morgan fingerprint density at radius 3 is 0.845 bits per heavy atom. The molecule has 316 valence electrons. The Hall–Kier alpha value is -3.22. The van der Waals surface area contributed by atoms with Crippen molar-refractivity contribution in [2.75, 3.05) is 36.2 Å². The van der Waals surface area contributed by atoms with Gasteiger partial charge in [0.05, 0.1) is 13.2 Å². The van der Waals surface area contributed by atoms with Gasteiger partial charge in [-0.3, -0.25) is 0 Å². The average molecular weight is 825 g/mol. The van der Waals surface area contributed by atoms with Crippen molar-refractivity contribution in [1.29, 1.82) is 0 Å². The second kappa shape index (κ2) is 18.2. The minimum absolute atomic E-state index is 0.138. The van der Waals surface area contributed by atoms with E-state index in [0.29, 0.717) is 50.4 Å². The molecule has 0 amide bonds. The van der Waals surface area contributed by atoms with Crippen molar-refractivity contribution < 1.29 is 19.7 Å². The lowest BCUT2D eigenvalue weighted by Crippen LogP contribution is -2.17. The average Bonchev–Trinajstić information content (AvgIpc) is 3.11. The summed E-state index contributed by atoms with van der Waals surface area (Å²) in [6.07, 6.45) is 2.06. The largest absolute Gasteiger partial charge is 0.507 e. The molecule has 0 spiro atoms. The van der Waals surface area contributed by atoms with Crippen LogP contribution < -0.4 is 9.47 Å². The summed E-state index contributed by atoms with van der Waals surface area (Å²) in [6.45, 7) is 32.6. The number of hydrogen-bond donors (Lipinski definition) is 2. The van der Waals surface area contributed by atoms with E-state index in [9.17, 15) is 10.2 Å². The van der Waals surface area contributed by atoms with E-state index in [4.69, 9.17) is 9.47 Å². The van der Waals surface area contributed by atoms with Gasteiger partial charge in [-0.25, -0.2) is 0 Å². The van der Waals surface area contributed by atoms with Gasteiger partial charge in [-0.1, -0.05) is 145 Å². The van der Waals surface area contributed by atoms with Crippen molar-refractivity contribution in [3.05, 3.63) is 115 Å². The van der Waals surface area contributed by atoms with Crippen molar-refractivity contribution in [3.63, 3.8) is 0 Å². The summed E-state index contributed by atoms with van der Waals surface area (Å²) in [5, 5.41) is 24.9. The van der Waals surface area contributed by atoms with Crippen LogP contribution in [0.4, 0.5) is 0 Å². The van der Waals surface area contributed by atoms with Gasteiger partial charge in [0.25, 0.3) is 0 Å². The number of rotatable bonds is 10. The molecule has 0 aliphatic heterocycles. The second-order valence-electron chi connectivity index (χ2n) is 20.3. The third kappa shape index (κ3) is 11.1. The molecule has 0 saturated heterocycles. The molecule has 0 fully saturated rings. The number of benzene rings is 4. The van der Waals surface area contributed by atoms with Crippen LogP contribution in [0.5, 0.6) is 23.0 Å². The van der Waals surface area contributed by atoms with E-state index in [-0.39, 0.29) is 21.7 Å². The molecule has 0 radical (unpaired) electrons. The molecule has 4 aromatic carbocycles. The number of hydrogen-bond acceptors (Lipinski definition) is 6. The molecule has 4 aromatic rings. The lowest BCUT2D eigenvalue weighted by Gasteiger charge is -2.28. The number of ether oxygens (including phenoxy) is 2. The van der Waals surface area contributed by atoms with Crippen LogP contribution in [-0.2, 0) is 47.3 Å². The maximum absolute atomic E-state index is 12.5. The Balaban J connectivity index is 1.91. The van der Waals surface area contributed by atoms with Crippen molar-refractivity contribution >= 4 is 23.5 Å². The maximum Gasteiger partial charge on any atom is 0.126 e. The standard InChI is InChI=1S/C52H72O4S2/c1-15-57-19-17-55-47-37-21-33-25-41(49(3,4)5)27-35(45(33)53)23-39-31-44(52(12,13)14)32-40(48(39)56-18-20-58-16-2)24-36-28-42(50(6,7)8)26-34(46(36)54)22-38(47)30-43(29-37)51(9,10)11/h25-32,53-54H,15-24H2,1-14H3. The van der Waals surface area contributed by atoms with Crippen LogP contribution >= 0.6 is 23.5 Å². The zero-order valence-electron chi connectivity index (χ0n) is 38.2. The second-order valence-corrected chi connectivity index (χ2v) is 23.1. The number of phenols is 2. The van der Waals surface area contributed by atoms with Gasteiger partial charge in [0, 0.05) is 37.2 Å². The van der Waals surface area contributed by atoms with Crippen LogP contribution in [0.15, 0.2) is 48.5 Å². The Kier molecular flexibility index (Phi) is 14.4. The Bertz CT molecular complexity index is 1820. The minimum Gasteiger partial charge on any atom is -0.507 e. The zero-order chi connectivity index (χ0) is 42.8. The van der Waals surface area contributed by atoms with Gasteiger partial charge < -0.3 is 19.7 Å². The molecule has 0 atom stereocenters. The fraction of sp³-hybridized carbons (Fsp3) is 0.538. The van der Waals surface area contributed by atoms with Crippen molar-refractivity contribution in [2.24, 2.45) is 0 Å². The number of fused-ring (bicyclic) bond motifs is 8. The highest BCUT2D eigenvalue weighted by Crippen LogP contribution is 2.44. The smallest absolute Gasteiger partial charge is 0.126 e. The summed E-state index contributed by atoms with van der Waals surface area (Å²) in [5.41, 5.74) is 12.1. The first-order valence-corrected chi connectivity index (χ1v) is 23.8. The monoisotopic (exact) mass is 824 g/mol. The summed E-state index contributed by atoms with van der Waals surface area (Å²) in [5.74, 6) is 6.23. The molecule has 0 unspecified atom stereocenters. The first kappa shape index (κ1) is 45.9. The molecule has 0 heterocycles. The van der Waals surface area contributed by atoms with E-state index in [1.54, 1.807) is 0 Å². The Morgan fingerprint density at radius 2 is 0.638 bits per heavy atom. The van der Waals surface area contributed by atoms with Crippen LogP contribution in [0.2, 0.25) is 0 Å². The molecule has 58 heavy (non-hydrogen) atoms. The summed E-state index contributed by atoms with van der Waals surface area (Å²) in [4.78, 5) is 0. The van der Waals surface area contributed by atoms with E-state index < -0.39 is 0 Å². The normalized spacial score (nSPS) is 13.8. The fourth-order valence-corrected chi connectivity index (χ4v) is 8.69. The van der Waals surface area contributed by atoms with E-state index in [1.807, 2.05) is 23.5 Å². The lowest BCUT2D eigenvalue weighted by atomic mass is 9.79. The molecule has 5 rings (SSSR count). The number of aromatic hydroxyl groups is 2. The number of phenolic OH excluding ortho intramolecular Hbond substituents is 2. The predicted octanol–water partition coefficient (Wildman–Crippen LogP) is 13.2. The van der Waals surface area contributed by atoms with Crippen LogP contribution in [0, 0.1) is 0 Å². The SMILES string of the molecule is CCSCCOc1c2cc(C(C)(C)C)cc1Cc1cc(C(C)(C)C)cc(c1O)Cc1cc(C(C)(C)C)cc(c1OCCSCC)Cc1cc(C(C)(C)C)cc(c1O)C2. The first-order chi connectivity index (χ1) is 27.0. The topological polar surface area (TPSA) is 58.9 Å². The van der Waals surface area contributed by atoms with Crippen molar-refractivity contribution in [2.45, 2.75) is 144 Å². The molecular weight excluding hydrogens is 753 g/mol. The van der Waals surface area contributed by atoms with Gasteiger partial charge >= 0.3 is 0 Å². The Morgan fingerprint density at radius 1 is 0.414 bits per heavy atom. The van der Waals surface area contributed by atoms with E-state index >= 15 is 0 Å². The van der Waals surface area contributed by atoms with Crippen LogP contribution in [0.1, 0.15) is 164 Å². The van der Waals surface area contributed by atoms with E-state index in [0.717, 1.165) is 79.0 Å². The molecule has 2 N–H and O–H groups in total. The van der Waals surface area contributed by atoms with Gasteiger partial charge in [-0.05, 0) is 99.9 Å². The highest BCUT2D eigenvalue weighted by Gasteiger charge is 2.28. The predicted molar refractivity (Wildman–Crippen MR) is 252 cm³/mol. The number of thioether (sulfide) groups is 2. The molecule has 8 bridgehead atoms.